The van der Waals surface area contributed by atoms with Crippen LogP contribution in [0.3, 0.4) is 0 Å². The van der Waals surface area contributed by atoms with E-state index in [0.717, 1.165) is 42.2 Å². The van der Waals surface area contributed by atoms with Crippen LogP contribution in [-0.4, -0.2) is 30.8 Å². The smallest absolute Gasteiger partial charge is 0.199 e. The molecule has 0 spiro atoms. The summed E-state index contributed by atoms with van der Waals surface area (Å²) in [6.45, 7) is 4.03. The number of nitrogens with zero attached hydrogens (tertiary/aromatic N) is 5. The Morgan fingerprint density at radius 1 is 1.28 bits per heavy atom. The summed E-state index contributed by atoms with van der Waals surface area (Å²) < 4.78 is 4.68. The lowest BCUT2D eigenvalue weighted by atomic mass is 9.98. The van der Waals surface area contributed by atoms with E-state index in [2.05, 4.69) is 28.3 Å². The van der Waals surface area contributed by atoms with Crippen LogP contribution in [0.2, 0.25) is 0 Å². The van der Waals surface area contributed by atoms with E-state index in [1.807, 2.05) is 39.8 Å². The molecule has 0 bridgehead atoms. The Morgan fingerprint density at radius 2 is 2.08 bits per heavy atom. The third-order valence-corrected chi connectivity index (χ3v) is 6.37. The number of thiophene rings is 1. The average molecular weight is 372 g/mol. The van der Waals surface area contributed by atoms with Crippen LogP contribution in [0.15, 0.2) is 36.0 Å². The van der Waals surface area contributed by atoms with Gasteiger partial charge in [0.25, 0.3) is 0 Å². The number of hydrogen-bond acceptors (Lipinski definition) is 5. The fourth-order valence-corrected chi connectivity index (χ4v) is 4.71. The van der Waals surface area contributed by atoms with Gasteiger partial charge in [-0.1, -0.05) is 6.92 Å². The van der Waals surface area contributed by atoms with Gasteiger partial charge in [0.15, 0.2) is 10.6 Å². The zero-order chi connectivity index (χ0) is 17.4. The maximum atomic E-state index is 5.64. The number of aromatic nitrogens is 4. The van der Waals surface area contributed by atoms with Crippen molar-refractivity contribution < 1.29 is 0 Å². The second kappa shape index (κ2) is 6.82. The summed E-state index contributed by atoms with van der Waals surface area (Å²) in [5.41, 5.74) is 2.52. The molecule has 0 aromatic carbocycles. The lowest BCUT2D eigenvalue weighted by Crippen LogP contribution is -2.36. The lowest BCUT2D eigenvalue weighted by molar-refractivity contribution is 0.129. The summed E-state index contributed by atoms with van der Waals surface area (Å²) in [5, 5.41) is 7.01. The molecular weight excluding hydrogens is 350 g/mol. The molecule has 7 heteroatoms. The summed E-state index contributed by atoms with van der Waals surface area (Å²) in [5.74, 6) is 0.883. The van der Waals surface area contributed by atoms with Crippen molar-refractivity contribution in [1.82, 2.24) is 24.2 Å². The minimum atomic E-state index is 0.447. The summed E-state index contributed by atoms with van der Waals surface area (Å²) in [4.78, 5) is 8.11. The highest BCUT2D eigenvalue weighted by Crippen LogP contribution is 2.35. The van der Waals surface area contributed by atoms with Crippen molar-refractivity contribution in [3.63, 3.8) is 0 Å². The van der Waals surface area contributed by atoms with Gasteiger partial charge in [-0.3, -0.25) is 9.88 Å². The largest absolute Gasteiger partial charge is 0.303 e. The van der Waals surface area contributed by atoms with Crippen LogP contribution in [0.25, 0.3) is 11.4 Å². The van der Waals surface area contributed by atoms with Gasteiger partial charge in [0, 0.05) is 42.5 Å². The van der Waals surface area contributed by atoms with E-state index in [0.29, 0.717) is 6.04 Å². The molecule has 0 radical (unpaired) electrons. The summed E-state index contributed by atoms with van der Waals surface area (Å²) in [7, 11) is 1.98. The predicted molar refractivity (Wildman–Crippen MR) is 103 cm³/mol. The zero-order valence-electron chi connectivity index (χ0n) is 14.4. The van der Waals surface area contributed by atoms with Gasteiger partial charge >= 0.3 is 0 Å². The fraction of sp³-hybridized carbons (Fsp3) is 0.389. The van der Waals surface area contributed by atoms with E-state index in [1.165, 1.54) is 10.4 Å². The molecular formula is C18H21N5S2. The van der Waals surface area contributed by atoms with E-state index in [4.69, 9.17) is 17.3 Å². The Kier molecular flexibility index (Phi) is 4.54. The van der Waals surface area contributed by atoms with Crippen LogP contribution in [0, 0.1) is 4.77 Å². The second-order valence-corrected chi connectivity index (χ2v) is 7.69. The first-order valence-corrected chi connectivity index (χ1v) is 9.82. The molecule has 130 valence electrons. The van der Waals surface area contributed by atoms with Crippen molar-refractivity contribution in [3.05, 3.63) is 51.2 Å². The van der Waals surface area contributed by atoms with Crippen molar-refractivity contribution in [3.8, 4) is 11.4 Å². The molecule has 0 saturated carbocycles. The van der Waals surface area contributed by atoms with Crippen LogP contribution >= 0.6 is 23.6 Å². The van der Waals surface area contributed by atoms with E-state index in [-0.39, 0.29) is 0 Å². The molecule has 3 aromatic rings. The van der Waals surface area contributed by atoms with Crippen LogP contribution in [0.4, 0.5) is 0 Å². The molecule has 5 nitrogen and oxygen atoms in total. The molecule has 0 N–H and O–H groups in total. The molecule has 1 atom stereocenters. The van der Waals surface area contributed by atoms with Crippen molar-refractivity contribution in [2.75, 3.05) is 6.54 Å². The third kappa shape index (κ3) is 2.96. The summed E-state index contributed by atoms with van der Waals surface area (Å²) in [6, 6.07) is 6.66. The number of hydrogen-bond donors (Lipinski definition) is 0. The first-order chi connectivity index (χ1) is 12.2. The van der Waals surface area contributed by atoms with Gasteiger partial charge in [0.2, 0.25) is 0 Å². The van der Waals surface area contributed by atoms with Gasteiger partial charge in [0.1, 0.15) is 0 Å². The number of rotatable bonds is 4. The highest BCUT2D eigenvalue weighted by molar-refractivity contribution is 7.71. The van der Waals surface area contributed by atoms with Crippen LogP contribution in [-0.2, 0) is 20.1 Å². The monoisotopic (exact) mass is 371 g/mol. The van der Waals surface area contributed by atoms with E-state index < -0.39 is 0 Å². The molecule has 0 fully saturated rings. The SMILES string of the molecule is CC[C@@H]1c2ccsc2CCN1Cn1nc(-c2ccncc2)n(C)c1=S. The Labute approximate surface area is 156 Å². The second-order valence-electron chi connectivity index (χ2n) is 6.33. The van der Waals surface area contributed by atoms with Gasteiger partial charge in [-0.2, -0.15) is 5.10 Å². The Balaban J connectivity index is 1.65. The highest BCUT2D eigenvalue weighted by Gasteiger charge is 2.27. The third-order valence-electron chi connectivity index (χ3n) is 4.89. The van der Waals surface area contributed by atoms with Crippen molar-refractivity contribution >= 4 is 23.6 Å². The van der Waals surface area contributed by atoms with E-state index in [9.17, 15) is 0 Å². The number of fused-ring (bicyclic) bond motifs is 1. The molecule has 1 aliphatic rings. The van der Waals surface area contributed by atoms with Gasteiger partial charge < -0.3 is 4.57 Å². The van der Waals surface area contributed by atoms with Crippen LogP contribution < -0.4 is 0 Å². The molecule has 4 rings (SSSR count). The first-order valence-electron chi connectivity index (χ1n) is 8.53. The van der Waals surface area contributed by atoms with Gasteiger partial charge in [-0.15, -0.1) is 11.3 Å². The maximum Gasteiger partial charge on any atom is 0.199 e. The quantitative estimate of drug-likeness (QED) is 0.649. The molecule has 3 aromatic heterocycles. The minimum Gasteiger partial charge on any atom is -0.303 e. The fourth-order valence-electron chi connectivity index (χ4n) is 3.60. The molecule has 0 amide bonds. The predicted octanol–water partition coefficient (Wildman–Crippen LogP) is 4.04. The van der Waals surface area contributed by atoms with Gasteiger partial charge in [-0.05, 0) is 54.2 Å². The van der Waals surface area contributed by atoms with Crippen LogP contribution in [0.5, 0.6) is 0 Å². The molecule has 0 saturated heterocycles. The normalized spacial score (nSPS) is 17.6. The lowest BCUT2D eigenvalue weighted by Gasteiger charge is -2.35. The first kappa shape index (κ1) is 16.6. The summed E-state index contributed by atoms with van der Waals surface area (Å²) >= 11 is 7.52. The molecule has 0 aliphatic carbocycles. The van der Waals surface area contributed by atoms with E-state index >= 15 is 0 Å². The zero-order valence-corrected chi connectivity index (χ0v) is 16.1. The van der Waals surface area contributed by atoms with Gasteiger partial charge in [-0.25, -0.2) is 4.68 Å². The molecule has 4 heterocycles. The summed E-state index contributed by atoms with van der Waals surface area (Å²) in [6.07, 6.45) is 5.78. The number of pyridine rings is 1. The van der Waals surface area contributed by atoms with E-state index in [1.54, 1.807) is 12.4 Å². The van der Waals surface area contributed by atoms with Gasteiger partial charge in [0.05, 0.1) is 6.67 Å². The molecule has 0 unspecified atom stereocenters. The van der Waals surface area contributed by atoms with Crippen molar-refractivity contribution in [1.29, 1.82) is 0 Å². The Hall–Kier alpha value is -1.83. The maximum absolute atomic E-state index is 5.64. The Morgan fingerprint density at radius 3 is 2.84 bits per heavy atom. The minimum absolute atomic E-state index is 0.447. The van der Waals surface area contributed by atoms with Crippen LogP contribution in [0.1, 0.15) is 29.8 Å². The molecule has 25 heavy (non-hydrogen) atoms. The molecule has 1 aliphatic heterocycles. The van der Waals surface area contributed by atoms with Crippen molar-refractivity contribution in [2.45, 2.75) is 32.5 Å². The highest BCUT2D eigenvalue weighted by atomic mass is 32.1. The van der Waals surface area contributed by atoms with Crippen molar-refractivity contribution in [2.24, 2.45) is 7.05 Å². The standard InChI is InChI=1S/C18H21N5S2/c1-3-15-14-7-11-25-16(14)6-10-22(15)12-23-18(24)21(2)17(20-23)13-4-8-19-9-5-13/h4-5,7-9,11,15H,3,6,10,12H2,1-2H3/t15-/m1/s1. The average Bonchev–Trinajstić information content (AvgIpc) is 3.22. The Bertz CT molecular complexity index is 925. The topological polar surface area (TPSA) is 38.9 Å².